The van der Waals surface area contributed by atoms with E-state index in [1.54, 1.807) is 24.3 Å². The highest BCUT2D eigenvalue weighted by molar-refractivity contribution is 6.47. The predicted molar refractivity (Wildman–Crippen MR) is 60.4 cm³/mol. The number of hydrogen-bond acceptors (Lipinski definition) is 2. The van der Waals surface area contributed by atoms with E-state index in [-0.39, 0.29) is 5.88 Å². The molecule has 1 aromatic rings. The number of benzene rings is 1. The van der Waals surface area contributed by atoms with Gasteiger partial charge in [-0.15, -0.1) is 23.2 Å². The summed E-state index contributed by atoms with van der Waals surface area (Å²) in [6, 6.07) is 8.75. The fraction of sp³-hybridized carbons (Fsp3) is 0.200. The summed E-state index contributed by atoms with van der Waals surface area (Å²) in [5.41, 5.74) is 0.593. The fourth-order valence-corrected chi connectivity index (χ4v) is 1.31. The summed E-state index contributed by atoms with van der Waals surface area (Å²) in [4.78, 5) is 22.4. The van der Waals surface area contributed by atoms with E-state index < -0.39 is 17.1 Å². The molecule has 1 N–H and O–H groups in total. The lowest BCUT2D eigenvalue weighted by molar-refractivity contribution is -0.123. The molecule has 0 saturated carbocycles. The number of nitrogens with one attached hydrogen (secondary N) is 1. The van der Waals surface area contributed by atoms with Crippen molar-refractivity contribution in [3.8, 4) is 0 Å². The van der Waals surface area contributed by atoms with Gasteiger partial charge in [-0.05, 0) is 12.1 Å². The van der Waals surface area contributed by atoms with Gasteiger partial charge in [0.15, 0.2) is 11.2 Å². The van der Waals surface area contributed by atoms with Crippen LogP contribution in [0, 0.1) is 0 Å². The predicted octanol–water partition coefficient (Wildman–Crippen LogP) is 2.04. The van der Waals surface area contributed by atoms with Crippen molar-refractivity contribution in [3.05, 3.63) is 30.3 Å². The van der Waals surface area contributed by atoms with Gasteiger partial charge in [-0.3, -0.25) is 9.59 Å². The molecule has 1 amide bonds. The van der Waals surface area contributed by atoms with Crippen LogP contribution in [-0.2, 0) is 9.59 Å². The van der Waals surface area contributed by atoms with E-state index in [1.165, 1.54) is 0 Å². The third-order valence-electron chi connectivity index (χ3n) is 1.69. The van der Waals surface area contributed by atoms with Crippen molar-refractivity contribution in [1.82, 2.24) is 0 Å². The van der Waals surface area contributed by atoms with Gasteiger partial charge in [0.05, 0.1) is 5.88 Å². The molecular weight excluding hydrogens is 237 g/mol. The van der Waals surface area contributed by atoms with Gasteiger partial charge in [0.25, 0.3) is 0 Å². The summed E-state index contributed by atoms with van der Waals surface area (Å²) < 4.78 is 0. The van der Waals surface area contributed by atoms with Crippen molar-refractivity contribution in [3.63, 3.8) is 0 Å². The summed E-state index contributed by atoms with van der Waals surface area (Å²) in [7, 11) is 0. The molecule has 0 spiro atoms. The SMILES string of the molecule is O=C(CCl)C(Cl)C(=O)Nc1ccccc1. The summed E-state index contributed by atoms with van der Waals surface area (Å²) in [5.74, 6) is -1.34. The molecule has 0 aromatic heterocycles. The molecule has 5 heteroatoms. The van der Waals surface area contributed by atoms with Crippen molar-refractivity contribution < 1.29 is 9.59 Å². The van der Waals surface area contributed by atoms with Gasteiger partial charge in [-0.25, -0.2) is 0 Å². The van der Waals surface area contributed by atoms with E-state index in [1.807, 2.05) is 6.07 Å². The van der Waals surface area contributed by atoms with Crippen molar-refractivity contribution >= 4 is 40.6 Å². The van der Waals surface area contributed by atoms with Crippen LogP contribution in [0.2, 0.25) is 0 Å². The summed E-state index contributed by atoms with van der Waals surface area (Å²) in [6.07, 6.45) is 0. The molecule has 15 heavy (non-hydrogen) atoms. The third-order valence-corrected chi connectivity index (χ3v) is 2.39. The van der Waals surface area contributed by atoms with Crippen LogP contribution in [0.25, 0.3) is 0 Å². The van der Waals surface area contributed by atoms with Crippen molar-refractivity contribution in [2.75, 3.05) is 11.2 Å². The van der Waals surface area contributed by atoms with E-state index in [0.717, 1.165) is 0 Å². The summed E-state index contributed by atoms with van der Waals surface area (Å²) in [5, 5.41) is 1.27. The van der Waals surface area contributed by atoms with Crippen LogP contribution in [0.5, 0.6) is 0 Å². The van der Waals surface area contributed by atoms with Gasteiger partial charge in [-0.2, -0.15) is 0 Å². The Balaban J connectivity index is 2.60. The molecule has 1 atom stereocenters. The minimum absolute atomic E-state index is 0.267. The van der Waals surface area contributed by atoms with E-state index in [4.69, 9.17) is 23.2 Å². The first-order valence-corrected chi connectivity index (χ1v) is 5.21. The second-order valence-electron chi connectivity index (χ2n) is 2.82. The molecule has 0 heterocycles. The largest absolute Gasteiger partial charge is 0.324 e. The normalized spacial score (nSPS) is 11.9. The number of hydrogen-bond donors (Lipinski definition) is 1. The number of Topliss-reactive ketones (excluding diaryl/α,β-unsaturated/α-hetero) is 1. The molecule has 0 aliphatic rings. The molecule has 0 fully saturated rings. The Kier molecular flexibility index (Phi) is 4.59. The number of rotatable bonds is 4. The quantitative estimate of drug-likeness (QED) is 0.652. The van der Waals surface area contributed by atoms with E-state index >= 15 is 0 Å². The van der Waals surface area contributed by atoms with Crippen LogP contribution in [0.3, 0.4) is 0 Å². The van der Waals surface area contributed by atoms with Crippen LogP contribution in [0.4, 0.5) is 5.69 Å². The molecule has 3 nitrogen and oxygen atoms in total. The molecule has 80 valence electrons. The molecule has 1 unspecified atom stereocenters. The number of halogens is 2. The van der Waals surface area contributed by atoms with Crippen molar-refractivity contribution in [2.24, 2.45) is 0 Å². The highest BCUT2D eigenvalue weighted by Crippen LogP contribution is 2.08. The molecular formula is C10H9Cl2NO2. The Morgan fingerprint density at radius 3 is 2.40 bits per heavy atom. The van der Waals surface area contributed by atoms with Crippen LogP contribution in [0.15, 0.2) is 30.3 Å². The molecule has 0 bridgehead atoms. The number of amides is 1. The minimum atomic E-state index is -1.23. The van der Waals surface area contributed by atoms with Crippen LogP contribution in [0.1, 0.15) is 0 Å². The summed E-state index contributed by atoms with van der Waals surface area (Å²) >= 11 is 10.9. The van der Waals surface area contributed by atoms with Crippen molar-refractivity contribution in [2.45, 2.75) is 5.38 Å². The number of alkyl halides is 2. The summed E-state index contributed by atoms with van der Waals surface area (Å²) in [6.45, 7) is 0. The van der Waals surface area contributed by atoms with Gasteiger partial charge in [-0.1, -0.05) is 18.2 Å². The average molecular weight is 246 g/mol. The topological polar surface area (TPSA) is 46.2 Å². The number of para-hydroxylation sites is 1. The number of anilines is 1. The maximum absolute atomic E-state index is 11.4. The van der Waals surface area contributed by atoms with Crippen molar-refractivity contribution in [1.29, 1.82) is 0 Å². The lowest BCUT2D eigenvalue weighted by atomic mass is 10.2. The first-order chi connectivity index (χ1) is 7.15. The van der Waals surface area contributed by atoms with Gasteiger partial charge in [0, 0.05) is 5.69 Å². The van der Waals surface area contributed by atoms with E-state index in [9.17, 15) is 9.59 Å². The van der Waals surface area contributed by atoms with Gasteiger partial charge < -0.3 is 5.32 Å². The Bertz CT molecular complexity index is 354. The Morgan fingerprint density at radius 2 is 1.87 bits per heavy atom. The monoisotopic (exact) mass is 245 g/mol. The zero-order chi connectivity index (χ0) is 11.3. The van der Waals surface area contributed by atoms with Gasteiger partial charge in [0.2, 0.25) is 5.91 Å². The Hall–Kier alpha value is -1.06. The molecule has 0 aliphatic heterocycles. The zero-order valence-corrected chi connectivity index (χ0v) is 9.26. The van der Waals surface area contributed by atoms with Crippen LogP contribution >= 0.6 is 23.2 Å². The second-order valence-corrected chi connectivity index (χ2v) is 3.52. The lowest BCUT2D eigenvalue weighted by Crippen LogP contribution is -2.31. The fourth-order valence-electron chi connectivity index (χ4n) is 0.941. The molecule has 1 rings (SSSR count). The average Bonchev–Trinajstić information content (AvgIpc) is 2.28. The maximum Gasteiger partial charge on any atom is 0.250 e. The smallest absolute Gasteiger partial charge is 0.250 e. The van der Waals surface area contributed by atoms with E-state index in [0.29, 0.717) is 5.69 Å². The molecule has 1 aromatic carbocycles. The number of carbonyl (C=O) groups excluding carboxylic acids is 2. The van der Waals surface area contributed by atoms with Crippen LogP contribution < -0.4 is 5.32 Å². The Morgan fingerprint density at radius 1 is 1.27 bits per heavy atom. The lowest BCUT2D eigenvalue weighted by Gasteiger charge is -2.07. The third kappa shape index (κ3) is 3.53. The molecule has 0 aliphatic carbocycles. The Labute approximate surface area is 97.4 Å². The molecule has 0 saturated heterocycles. The standard InChI is InChI=1S/C10H9Cl2NO2/c11-6-8(14)9(12)10(15)13-7-4-2-1-3-5-7/h1-5,9H,6H2,(H,13,15). The highest BCUT2D eigenvalue weighted by Gasteiger charge is 2.22. The van der Waals surface area contributed by atoms with Gasteiger partial charge in [0.1, 0.15) is 0 Å². The maximum atomic E-state index is 11.4. The zero-order valence-electron chi connectivity index (χ0n) is 7.74. The van der Waals surface area contributed by atoms with Crippen LogP contribution in [-0.4, -0.2) is 22.9 Å². The second kappa shape index (κ2) is 5.73. The minimum Gasteiger partial charge on any atom is -0.324 e. The first-order valence-electron chi connectivity index (χ1n) is 4.24. The highest BCUT2D eigenvalue weighted by atomic mass is 35.5. The first kappa shape index (κ1) is 12.0. The molecule has 0 radical (unpaired) electrons. The van der Waals surface area contributed by atoms with E-state index in [2.05, 4.69) is 5.32 Å². The van der Waals surface area contributed by atoms with Gasteiger partial charge >= 0.3 is 0 Å². The number of ketones is 1. The number of carbonyl (C=O) groups is 2.